The Morgan fingerprint density at radius 1 is 1.47 bits per heavy atom. The second-order valence-corrected chi connectivity index (χ2v) is 5.19. The summed E-state index contributed by atoms with van der Waals surface area (Å²) in [6.07, 6.45) is 5.75. The summed E-state index contributed by atoms with van der Waals surface area (Å²) in [7, 11) is 0. The van der Waals surface area contributed by atoms with Crippen molar-refractivity contribution in [1.29, 1.82) is 0 Å². The summed E-state index contributed by atoms with van der Waals surface area (Å²) < 4.78 is 11.1. The first-order valence-corrected chi connectivity index (χ1v) is 6.62. The zero-order chi connectivity index (χ0) is 12.1. The first-order valence-electron chi connectivity index (χ1n) is 6.62. The lowest BCUT2D eigenvalue weighted by Gasteiger charge is -2.08. The zero-order valence-electron chi connectivity index (χ0n) is 10.9. The van der Waals surface area contributed by atoms with Crippen molar-refractivity contribution < 1.29 is 9.15 Å². The van der Waals surface area contributed by atoms with Crippen molar-refractivity contribution in [3.63, 3.8) is 0 Å². The van der Waals surface area contributed by atoms with Crippen LogP contribution < -0.4 is 5.32 Å². The molecule has 0 saturated heterocycles. The maximum absolute atomic E-state index is 5.65. The molecule has 0 amide bonds. The SMILES string of the molecule is CC(C)NCc1ccoc1COCCC1CC1. The highest BCUT2D eigenvalue weighted by atomic mass is 16.5. The predicted molar refractivity (Wildman–Crippen MR) is 67.7 cm³/mol. The molecule has 1 aromatic heterocycles. The van der Waals surface area contributed by atoms with E-state index < -0.39 is 0 Å². The molecular weight excluding hydrogens is 214 g/mol. The van der Waals surface area contributed by atoms with Gasteiger partial charge in [0.1, 0.15) is 12.4 Å². The van der Waals surface area contributed by atoms with Crippen molar-refractivity contribution in [1.82, 2.24) is 5.32 Å². The second-order valence-electron chi connectivity index (χ2n) is 5.19. The van der Waals surface area contributed by atoms with Crippen LogP contribution in [0.25, 0.3) is 0 Å². The summed E-state index contributed by atoms with van der Waals surface area (Å²) in [6, 6.07) is 2.52. The van der Waals surface area contributed by atoms with Crippen molar-refractivity contribution >= 4 is 0 Å². The Morgan fingerprint density at radius 2 is 2.29 bits per heavy atom. The lowest BCUT2D eigenvalue weighted by Crippen LogP contribution is -2.22. The highest BCUT2D eigenvalue weighted by Gasteiger charge is 2.20. The summed E-state index contributed by atoms with van der Waals surface area (Å²) >= 11 is 0. The molecule has 1 saturated carbocycles. The molecule has 0 bridgehead atoms. The van der Waals surface area contributed by atoms with Gasteiger partial charge < -0.3 is 14.5 Å². The van der Waals surface area contributed by atoms with Crippen LogP contribution in [0.5, 0.6) is 0 Å². The van der Waals surface area contributed by atoms with E-state index in [2.05, 4.69) is 19.2 Å². The third-order valence-electron chi connectivity index (χ3n) is 3.14. The molecule has 96 valence electrons. The molecule has 1 N–H and O–H groups in total. The quantitative estimate of drug-likeness (QED) is 0.705. The fourth-order valence-electron chi connectivity index (χ4n) is 1.79. The first-order chi connectivity index (χ1) is 8.25. The maximum atomic E-state index is 5.65. The van der Waals surface area contributed by atoms with Gasteiger partial charge in [0.2, 0.25) is 0 Å². The van der Waals surface area contributed by atoms with E-state index in [0.717, 1.165) is 24.8 Å². The Hall–Kier alpha value is -0.800. The molecule has 17 heavy (non-hydrogen) atoms. The van der Waals surface area contributed by atoms with Crippen LogP contribution in [0, 0.1) is 5.92 Å². The van der Waals surface area contributed by atoms with Gasteiger partial charge in [-0.1, -0.05) is 26.7 Å². The molecule has 1 aromatic rings. The van der Waals surface area contributed by atoms with Gasteiger partial charge in [0.25, 0.3) is 0 Å². The van der Waals surface area contributed by atoms with E-state index in [4.69, 9.17) is 9.15 Å². The summed E-state index contributed by atoms with van der Waals surface area (Å²) in [4.78, 5) is 0. The van der Waals surface area contributed by atoms with E-state index >= 15 is 0 Å². The molecular formula is C14H23NO2. The van der Waals surface area contributed by atoms with Crippen LogP contribution in [0.3, 0.4) is 0 Å². The molecule has 1 fully saturated rings. The Kier molecular flexibility index (Phi) is 4.63. The van der Waals surface area contributed by atoms with Crippen LogP contribution in [-0.2, 0) is 17.9 Å². The molecule has 0 spiro atoms. The monoisotopic (exact) mass is 237 g/mol. The minimum Gasteiger partial charge on any atom is -0.467 e. The Labute approximate surface area is 104 Å². The molecule has 3 heteroatoms. The van der Waals surface area contributed by atoms with Crippen molar-refractivity contribution in [2.45, 2.75) is 52.3 Å². The molecule has 0 atom stereocenters. The fraction of sp³-hybridized carbons (Fsp3) is 0.714. The second kappa shape index (κ2) is 6.22. The van der Waals surface area contributed by atoms with Crippen LogP contribution in [0.4, 0.5) is 0 Å². The molecule has 0 aromatic carbocycles. The third kappa shape index (κ3) is 4.52. The Bertz CT molecular complexity index is 329. The average Bonchev–Trinajstić information content (AvgIpc) is 3.01. The van der Waals surface area contributed by atoms with Crippen LogP contribution in [0.1, 0.15) is 44.4 Å². The van der Waals surface area contributed by atoms with Gasteiger partial charge >= 0.3 is 0 Å². The van der Waals surface area contributed by atoms with Gasteiger partial charge in [-0.15, -0.1) is 0 Å². The van der Waals surface area contributed by atoms with Crippen LogP contribution >= 0.6 is 0 Å². The van der Waals surface area contributed by atoms with Gasteiger partial charge in [0.05, 0.1) is 6.26 Å². The van der Waals surface area contributed by atoms with Gasteiger partial charge in [-0.2, -0.15) is 0 Å². The van der Waals surface area contributed by atoms with E-state index in [1.807, 2.05) is 6.07 Å². The van der Waals surface area contributed by atoms with Crippen LogP contribution in [0.15, 0.2) is 16.7 Å². The van der Waals surface area contributed by atoms with Crippen molar-refractivity contribution in [3.05, 3.63) is 23.7 Å². The maximum Gasteiger partial charge on any atom is 0.133 e. The summed E-state index contributed by atoms with van der Waals surface area (Å²) in [6.45, 7) is 6.62. The van der Waals surface area contributed by atoms with E-state index in [1.54, 1.807) is 6.26 Å². The van der Waals surface area contributed by atoms with E-state index in [0.29, 0.717) is 12.6 Å². The lowest BCUT2D eigenvalue weighted by molar-refractivity contribution is 0.100. The number of hydrogen-bond acceptors (Lipinski definition) is 3. The predicted octanol–water partition coefficient (Wildman–Crippen LogP) is 3.09. The average molecular weight is 237 g/mol. The van der Waals surface area contributed by atoms with Gasteiger partial charge in [0.15, 0.2) is 0 Å². The smallest absolute Gasteiger partial charge is 0.133 e. The van der Waals surface area contributed by atoms with Gasteiger partial charge in [-0.05, 0) is 18.4 Å². The van der Waals surface area contributed by atoms with Crippen molar-refractivity contribution in [3.8, 4) is 0 Å². The fourth-order valence-corrected chi connectivity index (χ4v) is 1.79. The topological polar surface area (TPSA) is 34.4 Å². The molecule has 1 aliphatic rings. The molecule has 2 rings (SSSR count). The third-order valence-corrected chi connectivity index (χ3v) is 3.14. The van der Waals surface area contributed by atoms with E-state index in [-0.39, 0.29) is 0 Å². The number of ether oxygens (including phenoxy) is 1. The number of rotatable bonds is 8. The number of furan rings is 1. The molecule has 0 radical (unpaired) electrons. The summed E-state index contributed by atoms with van der Waals surface area (Å²) in [5.74, 6) is 1.91. The van der Waals surface area contributed by atoms with Crippen LogP contribution in [-0.4, -0.2) is 12.6 Å². The zero-order valence-corrected chi connectivity index (χ0v) is 10.9. The summed E-state index contributed by atoms with van der Waals surface area (Å²) in [5.41, 5.74) is 1.21. The number of nitrogens with one attached hydrogen (secondary N) is 1. The van der Waals surface area contributed by atoms with Gasteiger partial charge in [-0.3, -0.25) is 0 Å². The van der Waals surface area contributed by atoms with Crippen LogP contribution in [0.2, 0.25) is 0 Å². The highest BCUT2D eigenvalue weighted by Crippen LogP contribution is 2.32. The number of hydrogen-bond donors (Lipinski definition) is 1. The first kappa shape index (κ1) is 12.7. The van der Waals surface area contributed by atoms with Crippen molar-refractivity contribution in [2.75, 3.05) is 6.61 Å². The van der Waals surface area contributed by atoms with Gasteiger partial charge in [-0.25, -0.2) is 0 Å². The molecule has 1 aliphatic carbocycles. The van der Waals surface area contributed by atoms with Gasteiger partial charge in [0, 0.05) is 24.8 Å². The lowest BCUT2D eigenvalue weighted by atomic mass is 10.2. The minimum absolute atomic E-state index is 0.494. The highest BCUT2D eigenvalue weighted by molar-refractivity contribution is 5.16. The summed E-state index contributed by atoms with van der Waals surface area (Å²) in [5, 5.41) is 3.39. The standard InChI is InChI=1S/C14H23NO2/c1-11(2)15-9-13-6-8-17-14(13)10-16-7-5-12-3-4-12/h6,8,11-12,15H,3-5,7,9-10H2,1-2H3. The molecule has 1 heterocycles. The Balaban J connectivity index is 1.69. The molecule has 3 nitrogen and oxygen atoms in total. The van der Waals surface area contributed by atoms with E-state index in [1.165, 1.54) is 24.8 Å². The van der Waals surface area contributed by atoms with E-state index in [9.17, 15) is 0 Å². The molecule has 0 unspecified atom stereocenters. The molecule has 0 aliphatic heterocycles. The largest absolute Gasteiger partial charge is 0.467 e. The van der Waals surface area contributed by atoms with Crippen molar-refractivity contribution in [2.24, 2.45) is 5.92 Å². The Morgan fingerprint density at radius 3 is 3.00 bits per heavy atom. The normalized spacial score (nSPS) is 15.7. The minimum atomic E-state index is 0.494.